The van der Waals surface area contributed by atoms with Crippen LogP contribution in [0.1, 0.15) is 40.5 Å². The molecule has 1 unspecified atom stereocenters. The average Bonchev–Trinajstić information content (AvgIpc) is 3.19. The molecule has 6 nitrogen and oxygen atoms in total. The van der Waals surface area contributed by atoms with Gasteiger partial charge in [0.2, 0.25) is 0 Å². The number of halogens is 1. The van der Waals surface area contributed by atoms with Crippen LogP contribution < -0.4 is 4.74 Å². The Kier molecular flexibility index (Phi) is 4.55. The average molecular weight is 396 g/mol. The minimum Gasteiger partial charge on any atom is -0.478 e. The van der Waals surface area contributed by atoms with Gasteiger partial charge in [-0.2, -0.15) is 0 Å². The number of esters is 1. The quantitative estimate of drug-likeness (QED) is 0.721. The summed E-state index contributed by atoms with van der Waals surface area (Å²) in [6.45, 7) is 8.07. The van der Waals surface area contributed by atoms with Gasteiger partial charge in [0.1, 0.15) is 16.9 Å². The second-order valence-corrected chi connectivity index (χ2v) is 8.05. The minimum absolute atomic E-state index is 0.396. The van der Waals surface area contributed by atoms with Gasteiger partial charge in [-0.25, -0.2) is 9.48 Å². The third kappa shape index (κ3) is 3.88. The van der Waals surface area contributed by atoms with Gasteiger partial charge in [-0.05, 0) is 74.5 Å². The molecule has 0 N–H and O–H groups in total. The standard InChI is InChI=1S/C17H22BrN3O3/c1-10(16(22)24-17(2,3)4)23-13-8-7-12-15(14(13)18)19-20-21(12)9-11-5-6-11/h7-8,10-11H,5-6,9H2,1-4H3. The van der Waals surface area contributed by atoms with Crippen molar-refractivity contribution in [3.8, 4) is 5.75 Å². The van der Waals surface area contributed by atoms with Crippen LogP contribution in [0.4, 0.5) is 0 Å². The molecule has 1 saturated carbocycles. The van der Waals surface area contributed by atoms with E-state index in [1.54, 1.807) is 6.92 Å². The van der Waals surface area contributed by atoms with Crippen LogP contribution in [0.5, 0.6) is 5.75 Å². The number of benzene rings is 1. The summed E-state index contributed by atoms with van der Waals surface area (Å²) in [6, 6.07) is 3.76. The lowest BCUT2D eigenvalue weighted by atomic mass is 10.2. The Morgan fingerprint density at radius 2 is 2.12 bits per heavy atom. The fraction of sp³-hybridized carbons (Fsp3) is 0.588. The zero-order valence-electron chi connectivity index (χ0n) is 14.4. The normalized spacial score (nSPS) is 16.2. The van der Waals surface area contributed by atoms with Crippen LogP contribution in [0, 0.1) is 5.92 Å². The fourth-order valence-electron chi connectivity index (χ4n) is 2.38. The predicted octanol–water partition coefficient (Wildman–Crippen LogP) is 3.71. The first-order chi connectivity index (χ1) is 11.2. The third-order valence-corrected chi connectivity index (χ3v) is 4.53. The SMILES string of the molecule is CC(Oc1ccc2c(nnn2CC2CC2)c1Br)C(=O)OC(C)(C)C. The molecule has 1 aliphatic carbocycles. The maximum Gasteiger partial charge on any atom is 0.347 e. The lowest BCUT2D eigenvalue weighted by Crippen LogP contribution is -2.33. The van der Waals surface area contributed by atoms with Crippen LogP contribution in [-0.2, 0) is 16.1 Å². The number of carbonyl (C=O) groups is 1. The van der Waals surface area contributed by atoms with Gasteiger partial charge in [0.05, 0.1) is 9.99 Å². The van der Waals surface area contributed by atoms with E-state index in [0.29, 0.717) is 10.2 Å². The Morgan fingerprint density at radius 3 is 2.75 bits per heavy atom. The molecule has 24 heavy (non-hydrogen) atoms. The number of fused-ring (bicyclic) bond motifs is 1. The summed E-state index contributed by atoms with van der Waals surface area (Å²) in [5.74, 6) is 0.878. The van der Waals surface area contributed by atoms with Crippen LogP contribution in [0.15, 0.2) is 16.6 Å². The second kappa shape index (κ2) is 6.35. The first kappa shape index (κ1) is 17.2. The molecule has 1 fully saturated rings. The summed E-state index contributed by atoms with van der Waals surface area (Å²) in [6.07, 6.45) is 1.81. The van der Waals surface area contributed by atoms with Gasteiger partial charge in [-0.15, -0.1) is 5.10 Å². The molecule has 0 amide bonds. The van der Waals surface area contributed by atoms with E-state index in [-0.39, 0.29) is 0 Å². The number of aromatic nitrogens is 3. The monoisotopic (exact) mass is 395 g/mol. The molecular weight excluding hydrogens is 374 g/mol. The molecule has 130 valence electrons. The van der Waals surface area contributed by atoms with E-state index in [4.69, 9.17) is 9.47 Å². The molecule has 0 radical (unpaired) electrons. The third-order valence-electron chi connectivity index (χ3n) is 3.76. The lowest BCUT2D eigenvalue weighted by molar-refractivity contribution is -0.162. The maximum atomic E-state index is 12.1. The zero-order valence-corrected chi connectivity index (χ0v) is 16.0. The highest BCUT2D eigenvalue weighted by Crippen LogP contribution is 2.35. The van der Waals surface area contributed by atoms with E-state index in [1.807, 2.05) is 37.6 Å². The largest absolute Gasteiger partial charge is 0.478 e. The van der Waals surface area contributed by atoms with Gasteiger partial charge in [0, 0.05) is 6.54 Å². The summed E-state index contributed by atoms with van der Waals surface area (Å²) in [5, 5.41) is 8.47. The van der Waals surface area contributed by atoms with E-state index in [2.05, 4.69) is 26.2 Å². The molecule has 0 saturated heterocycles. The van der Waals surface area contributed by atoms with Crippen LogP contribution in [0.3, 0.4) is 0 Å². The number of ether oxygens (including phenoxy) is 2. The molecule has 7 heteroatoms. The van der Waals surface area contributed by atoms with Crippen molar-refractivity contribution in [2.45, 2.75) is 58.8 Å². The number of nitrogens with zero attached hydrogens (tertiary/aromatic N) is 3. The van der Waals surface area contributed by atoms with E-state index in [9.17, 15) is 4.79 Å². The lowest BCUT2D eigenvalue weighted by Gasteiger charge is -2.23. The molecule has 1 aromatic heterocycles. The molecule has 0 spiro atoms. The van der Waals surface area contributed by atoms with Crippen LogP contribution >= 0.6 is 15.9 Å². The predicted molar refractivity (Wildman–Crippen MR) is 93.9 cm³/mol. The molecule has 0 aliphatic heterocycles. The Labute approximate surface area is 149 Å². The summed E-state index contributed by atoms with van der Waals surface area (Å²) in [4.78, 5) is 12.1. The minimum atomic E-state index is -0.709. The zero-order chi connectivity index (χ0) is 17.5. The highest BCUT2D eigenvalue weighted by atomic mass is 79.9. The molecule has 3 rings (SSSR count). The molecule has 2 aromatic rings. The highest BCUT2D eigenvalue weighted by molar-refractivity contribution is 9.10. The van der Waals surface area contributed by atoms with Crippen molar-refractivity contribution in [1.29, 1.82) is 0 Å². The highest BCUT2D eigenvalue weighted by Gasteiger charge is 2.26. The van der Waals surface area contributed by atoms with Crippen molar-refractivity contribution < 1.29 is 14.3 Å². The Morgan fingerprint density at radius 1 is 1.42 bits per heavy atom. The van der Waals surface area contributed by atoms with Gasteiger partial charge in [0.25, 0.3) is 0 Å². The van der Waals surface area contributed by atoms with Crippen molar-refractivity contribution in [3.05, 3.63) is 16.6 Å². The summed E-state index contributed by atoms with van der Waals surface area (Å²) in [7, 11) is 0. The first-order valence-corrected chi connectivity index (χ1v) is 8.95. The van der Waals surface area contributed by atoms with Gasteiger partial charge in [-0.3, -0.25) is 0 Å². The maximum absolute atomic E-state index is 12.1. The number of hydrogen-bond donors (Lipinski definition) is 0. The molecule has 1 aliphatic rings. The van der Waals surface area contributed by atoms with E-state index in [0.717, 1.165) is 23.5 Å². The number of carbonyl (C=O) groups excluding carboxylic acids is 1. The molecule has 0 bridgehead atoms. The van der Waals surface area contributed by atoms with Crippen molar-refractivity contribution in [1.82, 2.24) is 15.0 Å². The van der Waals surface area contributed by atoms with Crippen molar-refractivity contribution in [2.24, 2.45) is 5.92 Å². The van der Waals surface area contributed by atoms with Crippen molar-refractivity contribution in [3.63, 3.8) is 0 Å². The van der Waals surface area contributed by atoms with Gasteiger partial charge in [0.15, 0.2) is 6.10 Å². The molecule has 1 aromatic carbocycles. The Hall–Kier alpha value is -1.63. The van der Waals surface area contributed by atoms with E-state index < -0.39 is 17.7 Å². The first-order valence-electron chi connectivity index (χ1n) is 8.16. The number of rotatable bonds is 5. The van der Waals surface area contributed by atoms with Crippen LogP contribution in [0.25, 0.3) is 11.0 Å². The molecule has 1 atom stereocenters. The van der Waals surface area contributed by atoms with Crippen LogP contribution in [0.2, 0.25) is 0 Å². The summed E-state index contributed by atoms with van der Waals surface area (Å²) >= 11 is 3.52. The van der Waals surface area contributed by atoms with Crippen LogP contribution in [-0.4, -0.2) is 32.7 Å². The number of hydrogen-bond acceptors (Lipinski definition) is 5. The second-order valence-electron chi connectivity index (χ2n) is 7.25. The Bertz CT molecular complexity index is 762. The Balaban J connectivity index is 1.77. The summed E-state index contributed by atoms with van der Waals surface area (Å²) in [5.41, 5.74) is 1.16. The van der Waals surface area contributed by atoms with E-state index in [1.165, 1.54) is 12.8 Å². The fourth-order valence-corrected chi connectivity index (χ4v) is 2.89. The van der Waals surface area contributed by atoms with E-state index >= 15 is 0 Å². The van der Waals surface area contributed by atoms with Gasteiger partial charge in [-0.1, -0.05) is 5.21 Å². The smallest absolute Gasteiger partial charge is 0.347 e. The topological polar surface area (TPSA) is 66.2 Å². The van der Waals surface area contributed by atoms with Crippen molar-refractivity contribution >= 4 is 32.9 Å². The van der Waals surface area contributed by atoms with Gasteiger partial charge >= 0.3 is 5.97 Å². The van der Waals surface area contributed by atoms with Gasteiger partial charge < -0.3 is 9.47 Å². The molecular formula is C17H22BrN3O3. The summed E-state index contributed by atoms with van der Waals surface area (Å²) < 4.78 is 13.7. The molecule has 1 heterocycles. The van der Waals surface area contributed by atoms with Crippen molar-refractivity contribution in [2.75, 3.05) is 0 Å².